The molecular weight excluding hydrogens is 234 g/mol. The highest BCUT2D eigenvalue weighted by Gasteiger charge is 2.23. The topological polar surface area (TPSA) is 64.6 Å². The van der Waals surface area contributed by atoms with E-state index >= 15 is 0 Å². The highest BCUT2D eigenvalue weighted by molar-refractivity contribution is 5.76. The molecule has 0 aromatic rings. The van der Waals surface area contributed by atoms with Gasteiger partial charge < -0.3 is 14.8 Å². The summed E-state index contributed by atoms with van der Waals surface area (Å²) in [7, 11) is 1.35. The number of methoxy groups -OCH3 is 1. The molecular formula is C13H25NO4. The quantitative estimate of drug-likeness (QED) is 0.732. The summed E-state index contributed by atoms with van der Waals surface area (Å²) < 4.78 is 9.87. The average Bonchev–Trinajstić information content (AvgIpc) is 2.20. The van der Waals surface area contributed by atoms with Gasteiger partial charge in [-0.25, -0.2) is 0 Å². The molecule has 0 heterocycles. The molecule has 0 bridgehead atoms. The molecule has 0 spiro atoms. The zero-order valence-corrected chi connectivity index (χ0v) is 12.2. The molecule has 106 valence electrons. The Balaban J connectivity index is 4.08. The minimum absolute atomic E-state index is 0.107. The van der Waals surface area contributed by atoms with Crippen molar-refractivity contribution < 1.29 is 19.1 Å². The first-order valence-electron chi connectivity index (χ1n) is 6.20. The molecule has 0 saturated heterocycles. The van der Waals surface area contributed by atoms with Gasteiger partial charge >= 0.3 is 11.9 Å². The first-order valence-corrected chi connectivity index (χ1v) is 6.20. The molecule has 1 unspecified atom stereocenters. The Kier molecular flexibility index (Phi) is 6.91. The van der Waals surface area contributed by atoms with Crippen molar-refractivity contribution in [1.82, 2.24) is 5.32 Å². The minimum atomic E-state index is -0.475. The number of hydrogen-bond donors (Lipinski definition) is 1. The molecule has 0 amide bonds. The van der Waals surface area contributed by atoms with Crippen LogP contribution in [0.5, 0.6) is 0 Å². The van der Waals surface area contributed by atoms with Crippen molar-refractivity contribution in [2.24, 2.45) is 5.92 Å². The maximum absolute atomic E-state index is 11.5. The fraction of sp³-hybridized carbons (Fsp3) is 0.846. The minimum Gasteiger partial charge on any atom is -0.468 e. The van der Waals surface area contributed by atoms with E-state index in [1.165, 1.54) is 7.11 Å². The molecule has 18 heavy (non-hydrogen) atoms. The Hall–Kier alpha value is -1.10. The van der Waals surface area contributed by atoms with Gasteiger partial charge in [-0.05, 0) is 26.7 Å². The van der Waals surface area contributed by atoms with Crippen LogP contribution in [0.3, 0.4) is 0 Å². The van der Waals surface area contributed by atoms with Crippen LogP contribution >= 0.6 is 0 Å². The predicted octanol–water partition coefficient (Wildman–Crippen LogP) is 1.51. The Morgan fingerprint density at radius 1 is 1.22 bits per heavy atom. The Labute approximate surface area is 109 Å². The van der Waals surface area contributed by atoms with E-state index in [2.05, 4.69) is 5.32 Å². The SMILES string of the molecule is COC(=O)C(NCCC(=O)OC(C)(C)C)C(C)C. The fourth-order valence-corrected chi connectivity index (χ4v) is 1.44. The molecule has 1 atom stereocenters. The molecule has 0 saturated carbocycles. The second-order valence-corrected chi connectivity index (χ2v) is 5.54. The number of nitrogens with one attached hydrogen (secondary N) is 1. The van der Waals surface area contributed by atoms with Gasteiger partial charge in [0, 0.05) is 6.54 Å². The van der Waals surface area contributed by atoms with Gasteiger partial charge in [0.1, 0.15) is 11.6 Å². The van der Waals surface area contributed by atoms with Crippen molar-refractivity contribution in [2.75, 3.05) is 13.7 Å². The lowest BCUT2D eigenvalue weighted by molar-refractivity contribution is -0.155. The lowest BCUT2D eigenvalue weighted by Gasteiger charge is -2.21. The molecule has 0 fully saturated rings. The van der Waals surface area contributed by atoms with Crippen molar-refractivity contribution in [3.05, 3.63) is 0 Å². The summed E-state index contributed by atoms with van der Waals surface area (Å²) >= 11 is 0. The Bertz CT molecular complexity index is 281. The van der Waals surface area contributed by atoms with Gasteiger partial charge in [-0.2, -0.15) is 0 Å². The van der Waals surface area contributed by atoms with Crippen molar-refractivity contribution in [2.45, 2.75) is 52.7 Å². The van der Waals surface area contributed by atoms with E-state index in [1.54, 1.807) is 0 Å². The van der Waals surface area contributed by atoms with E-state index in [4.69, 9.17) is 9.47 Å². The van der Waals surface area contributed by atoms with E-state index < -0.39 is 11.6 Å². The van der Waals surface area contributed by atoms with Gasteiger partial charge in [-0.1, -0.05) is 13.8 Å². The Morgan fingerprint density at radius 3 is 2.17 bits per heavy atom. The number of carbonyl (C=O) groups excluding carboxylic acids is 2. The lowest BCUT2D eigenvalue weighted by atomic mass is 10.0. The van der Waals surface area contributed by atoms with Gasteiger partial charge in [-0.15, -0.1) is 0 Å². The monoisotopic (exact) mass is 259 g/mol. The normalized spacial score (nSPS) is 13.3. The fourth-order valence-electron chi connectivity index (χ4n) is 1.44. The second-order valence-electron chi connectivity index (χ2n) is 5.54. The lowest BCUT2D eigenvalue weighted by Crippen LogP contribution is -2.42. The van der Waals surface area contributed by atoms with Crippen LogP contribution in [0.4, 0.5) is 0 Å². The van der Waals surface area contributed by atoms with Crippen LogP contribution in [0.2, 0.25) is 0 Å². The summed E-state index contributed by atoms with van der Waals surface area (Å²) in [4.78, 5) is 22.9. The number of hydrogen-bond acceptors (Lipinski definition) is 5. The maximum Gasteiger partial charge on any atom is 0.323 e. The smallest absolute Gasteiger partial charge is 0.323 e. The van der Waals surface area contributed by atoms with Crippen molar-refractivity contribution in [3.63, 3.8) is 0 Å². The molecule has 0 radical (unpaired) electrons. The molecule has 5 heteroatoms. The summed E-state index contributed by atoms with van der Waals surface area (Å²) in [6, 6.07) is -0.391. The Morgan fingerprint density at radius 2 is 1.78 bits per heavy atom. The third-order valence-electron chi connectivity index (χ3n) is 2.24. The van der Waals surface area contributed by atoms with E-state index in [0.717, 1.165) is 0 Å². The number of rotatable bonds is 6. The van der Waals surface area contributed by atoms with Crippen LogP contribution in [0.15, 0.2) is 0 Å². The number of ether oxygens (including phenoxy) is 2. The van der Waals surface area contributed by atoms with Gasteiger partial charge in [0.15, 0.2) is 0 Å². The molecule has 5 nitrogen and oxygen atoms in total. The van der Waals surface area contributed by atoms with Crippen LogP contribution in [-0.2, 0) is 19.1 Å². The van der Waals surface area contributed by atoms with E-state index in [9.17, 15) is 9.59 Å². The summed E-state index contributed by atoms with van der Waals surface area (Å²) in [5, 5.41) is 3.01. The van der Waals surface area contributed by atoms with E-state index in [-0.39, 0.29) is 24.3 Å². The van der Waals surface area contributed by atoms with Crippen LogP contribution in [0, 0.1) is 5.92 Å². The average molecular weight is 259 g/mol. The van der Waals surface area contributed by atoms with Crippen LogP contribution < -0.4 is 5.32 Å². The molecule has 1 N–H and O–H groups in total. The zero-order chi connectivity index (χ0) is 14.3. The van der Waals surface area contributed by atoms with Crippen LogP contribution in [0.1, 0.15) is 41.0 Å². The first-order chi connectivity index (χ1) is 8.17. The largest absolute Gasteiger partial charge is 0.468 e. The van der Waals surface area contributed by atoms with E-state index in [1.807, 2.05) is 34.6 Å². The zero-order valence-electron chi connectivity index (χ0n) is 12.2. The standard InChI is InChI=1S/C13H25NO4/c1-9(2)11(12(16)17-6)14-8-7-10(15)18-13(3,4)5/h9,11,14H,7-8H2,1-6H3. The van der Waals surface area contributed by atoms with Crippen molar-refractivity contribution >= 4 is 11.9 Å². The second kappa shape index (κ2) is 7.36. The first kappa shape index (κ1) is 16.9. The maximum atomic E-state index is 11.5. The summed E-state index contributed by atoms with van der Waals surface area (Å²) in [5.41, 5.74) is -0.475. The van der Waals surface area contributed by atoms with Crippen LogP contribution in [-0.4, -0.2) is 37.2 Å². The molecule has 0 aliphatic rings. The van der Waals surface area contributed by atoms with E-state index in [0.29, 0.717) is 6.54 Å². The highest BCUT2D eigenvalue weighted by atomic mass is 16.6. The third kappa shape index (κ3) is 7.27. The summed E-state index contributed by atoms with van der Waals surface area (Å²) in [5.74, 6) is -0.479. The van der Waals surface area contributed by atoms with Crippen molar-refractivity contribution in [3.8, 4) is 0 Å². The van der Waals surface area contributed by atoms with Crippen LogP contribution in [0.25, 0.3) is 0 Å². The molecule has 0 rings (SSSR count). The number of esters is 2. The molecule has 0 aliphatic carbocycles. The summed E-state index contributed by atoms with van der Waals surface area (Å²) in [6.45, 7) is 9.70. The van der Waals surface area contributed by atoms with Gasteiger partial charge in [0.2, 0.25) is 0 Å². The van der Waals surface area contributed by atoms with Gasteiger partial charge in [0.05, 0.1) is 13.5 Å². The third-order valence-corrected chi connectivity index (χ3v) is 2.24. The highest BCUT2D eigenvalue weighted by Crippen LogP contribution is 2.08. The molecule has 0 aliphatic heterocycles. The van der Waals surface area contributed by atoms with Gasteiger partial charge in [0.25, 0.3) is 0 Å². The van der Waals surface area contributed by atoms with Crippen molar-refractivity contribution in [1.29, 1.82) is 0 Å². The number of carbonyl (C=O) groups is 2. The molecule has 0 aromatic heterocycles. The summed E-state index contributed by atoms with van der Waals surface area (Å²) in [6.07, 6.45) is 0.234. The predicted molar refractivity (Wildman–Crippen MR) is 69.1 cm³/mol. The molecule has 0 aromatic carbocycles. The van der Waals surface area contributed by atoms with Gasteiger partial charge in [-0.3, -0.25) is 9.59 Å².